The highest BCUT2D eigenvalue weighted by Crippen LogP contribution is 2.23. The van der Waals surface area contributed by atoms with Crippen LogP contribution in [0.4, 0.5) is 0 Å². The first-order chi connectivity index (χ1) is 9.38. The maximum atomic E-state index is 5.68. The molecule has 0 bridgehead atoms. The molecule has 0 saturated heterocycles. The van der Waals surface area contributed by atoms with E-state index in [4.69, 9.17) is 4.42 Å². The third-order valence-corrected chi connectivity index (χ3v) is 2.84. The van der Waals surface area contributed by atoms with E-state index in [-0.39, 0.29) is 6.04 Å². The third kappa shape index (κ3) is 2.25. The molecule has 19 heavy (non-hydrogen) atoms. The van der Waals surface area contributed by atoms with Crippen LogP contribution < -0.4 is 5.32 Å². The van der Waals surface area contributed by atoms with Crippen LogP contribution in [0.1, 0.15) is 17.5 Å². The molecule has 0 radical (unpaired) electrons. The molecule has 2 N–H and O–H groups in total. The lowest BCUT2D eigenvalue weighted by atomic mass is 10.1. The predicted octanol–water partition coefficient (Wildman–Crippen LogP) is 1.77. The molecule has 96 valence electrons. The second-order valence-electron chi connectivity index (χ2n) is 4.05. The average Bonchev–Trinajstić information content (AvgIpc) is 3.11. The van der Waals surface area contributed by atoms with Crippen molar-refractivity contribution in [2.75, 3.05) is 7.05 Å². The zero-order valence-electron chi connectivity index (χ0n) is 10.4. The summed E-state index contributed by atoms with van der Waals surface area (Å²) in [6.07, 6.45) is 1.64. The summed E-state index contributed by atoms with van der Waals surface area (Å²) in [6, 6.07) is 11.6. The fourth-order valence-corrected chi connectivity index (χ4v) is 1.91. The second-order valence-corrected chi connectivity index (χ2v) is 4.05. The summed E-state index contributed by atoms with van der Waals surface area (Å²) in [5, 5.41) is 17.9. The fraction of sp³-hybridized carbons (Fsp3) is 0.154. The molecule has 2 aromatic heterocycles. The molecule has 0 spiro atoms. The molecule has 3 rings (SSSR count). The summed E-state index contributed by atoms with van der Waals surface area (Å²) in [5.41, 5.74) is 1.78. The Morgan fingerprint density at radius 3 is 2.68 bits per heavy atom. The van der Waals surface area contributed by atoms with Gasteiger partial charge in [-0.2, -0.15) is 5.10 Å². The largest absolute Gasteiger partial charge is 0.417 e. The summed E-state index contributed by atoms with van der Waals surface area (Å²) in [6.45, 7) is 0. The number of H-pyrrole nitrogens is 1. The van der Waals surface area contributed by atoms with Crippen molar-refractivity contribution in [1.29, 1.82) is 0 Å². The summed E-state index contributed by atoms with van der Waals surface area (Å²) in [4.78, 5) is 0. The van der Waals surface area contributed by atoms with Crippen LogP contribution in [0.25, 0.3) is 11.6 Å². The van der Waals surface area contributed by atoms with Gasteiger partial charge in [0.25, 0.3) is 5.89 Å². The Bertz CT molecular complexity index is 632. The van der Waals surface area contributed by atoms with Crippen molar-refractivity contribution in [3.05, 3.63) is 54.0 Å². The molecule has 6 nitrogen and oxygen atoms in total. The average molecular weight is 255 g/mol. The number of aromatic amines is 1. The zero-order valence-corrected chi connectivity index (χ0v) is 10.4. The van der Waals surface area contributed by atoms with Crippen LogP contribution in [-0.2, 0) is 0 Å². The predicted molar refractivity (Wildman–Crippen MR) is 69.2 cm³/mol. The van der Waals surface area contributed by atoms with E-state index in [2.05, 4.69) is 25.7 Å². The van der Waals surface area contributed by atoms with Gasteiger partial charge in [-0.3, -0.25) is 5.10 Å². The molecular formula is C13H13N5O. The van der Waals surface area contributed by atoms with Gasteiger partial charge in [0.1, 0.15) is 11.7 Å². The SMILES string of the molecule is CNC(c1ccccc1)c1nnc(-c2ccn[nH]2)o1. The number of nitrogens with one attached hydrogen (secondary N) is 2. The van der Waals surface area contributed by atoms with Crippen molar-refractivity contribution in [2.24, 2.45) is 0 Å². The lowest BCUT2D eigenvalue weighted by Gasteiger charge is -2.11. The lowest BCUT2D eigenvalue weighted by Crippen LogP contribution is -2.17. The summed E-state index contributed by atoms with van der Waals surface area (Å²) in [7, 11) is 1.86. The van der Waals surface area contributed by atoms with Gasteiger partial charge in [-0.05, 0) is 18.7 Å². The molecule has 0 aliphatic carbocycles. The van der Waals surface area contributed by atoms with E-state index in [1.54, 1.807) is 12.3 Å². The highest BCUT2D eigenvalue weighted by atomic mass is 16.4. The Labute approximate surface area is 109 Å². The smallest absolute Gasteiger partial charge is 0.265 e. The van der Waals surface area contributed by atoms with E-state index in [1.807, 2.05) is 37.4 Å². The van der Waals surface area contributed by atoms with Gasteiger partial charge in [-0.25, -0.2) is 0 Å². The normalized spacial score (nSPS) is 12.5. The minimum atomic E-state index is -0.120. The van der Waals surface area contributed by atoms with Crippen molar-refractivity contribution in [1.82, 2.24) is 25.7 Å². The van der Waals surface area contributed by atoms with E-state index in [9.17, 15) is 0 Å². The van der Waals surface area contributed by atoms with Crippen LogP contribution in [-0.4, -0.2) is 27.4 Å². The molecule has 1 unspecified atom stereocenters. The van der Waals surface area contributed by atoms with Gasteiger partial charge in [0.2, 0.25) is 5.89 Å². The number of nitrogens with zero attached hydrogens (tertiary/aromatic N) is 3. The number of hydrogen-bond acceptors (Lipinski definition) is 5. The highest BCUT2D eigenvalue weighted by Gasteiger charge is 2.19. The number of aromatic nitrogens is 4. The van der Waals surface area contributed by atoms with Crippen molar-refractivity contribution >= 4 is 0 Å². The molecule has 0 aliphatic rings. The van der Waals surface area contributed by atoms with Gasteiger partial charge < -0.3 is 9.73 Å². The Morgan fingerprint density at radius 2 is 2.00 bits per heavy atom. The van der Waals surface area contributed by atoms with Crippen molar-refractivity contribution in [2.45, 2.75) is 6.04 Å². The molecule has 2 heterocycles. The molecule has 6 heteroatoms. The van der Waals surface area contributed by atoms with Crippen molar-refractivity contribution < 1.29 is 4.42 Å². The van der Waals surface area contributed by atoms with Crippen molar-refractivity contribution in [3.8, 4) is 11.6 Å². The van der Waals surface area contributed by atoms with Gasteiger partial charge in [0.05, 0.1) is 0 Å². The van der Waals surface area contributed by atoms with Gasteiger partial charge in [0, 0.05) is 6.20 Å². The van der Waals surface area contributed by atoms with Gasteiger partial charge in [0.15, 0.2) is 0 Å². The first-order valence-corrected chi connectivity index (χ1v) is 5.94. The lowest BCUT2D eigenvalue weighted by molar-refractivity contribution is 0.455. The van der Waals surface area contributed by atoms with E-state index in [1.165, 1.54) is 0 Å². The second kappa shape index (κ2) is 5.03. The van der Waals surface area contributed by atoms with Crippen LogP contribution >= 0.6 is 0 Å². The monoisotopic (exact) mass is 255 g/mol. The summed E-state index contributed by atoms with van der Waals surface area (Å²) < 4.78 is 5.68. The number of benzene rings is 1. The van der Waals surface area contributed by atoms with E-state index in [0.717, 1.165) is 5.56 Å². The van der Waals surface area contributed by atoms with Crippen LogP contribution in [0.3, 0.4) is 0 Å². The summed E-state index contributed by atoms with van der Waals surface area (Å²) >= 11 is 0. The third-order valence-electron chi connectivity index (χ3n) is 2.84. The first-order valence-electron chi connectivity index (χ1n) is 5.94. The van der Waals surface area contributed by atoms with E-state index in [0.29, 0.717) is 17.5 Å². The quantitative estimate of drug-likeness (QED) is 0.742. The maximum absolute atomic E-state index is 5.68. The molecule has 3 aromatic rings. The maximum Gasteiger partial charge on any atom is 0.265 e. The van der Waals surface area contributed by atoms with Crippen LogP contribution in [0.15, 0.2) is 47.0 Å². The fourth-order valence-electron chi connectivity index (χ4n) is 1.91. The molecule has 1 aromatic carbocycles. The van der Waals surface area contributed by atoms with Crippen molar-refractivity contribution in [3.63, 3.8) is 0 Å². The van der Waals surface area contributed by atoms with Crippen LogP contribution in [0.2, 0.25) is 0 Å². The van der Waals surface area contributed by atoms with Gasteiger partial charge in [-0.1, -0.05) is 30.3 Å². The topological polar surface area (TPSA) is 79.6 Å². The standard InChI is InChI=1S/C13H13N5O/c1-14-11(9-5-3-2-4-6-9)13-18-17-12(19-13)10-7-8-15-16-10/h2-8,11,14H,1H3,(H,15,16). The van der Waals surface area contributed by atoms with Gasteiger partial charge >= 0.3 is 0 Å². The first kappa shape index (κ1) is 11.6. The van der Waals surface area contributed by atoms with E-state index < -0.39 is 0 Å². The minimum absolute atomic E-state index is 0.120. The molecule has 1 atom stereocenters. The minimum Gasteiger partial charge on any atom is -0.417 e. The summed E-state index contributed by atoms with van der Waals surface area (Å²) in [5.74, 6) is 0.960. The van der Waals surface area contributed by atoms with Crippen LogP contribution in [0.5, 0.6) is 0 Å². The molecule has 0 aliphatic heterocycles. The van der Waals surface area contributed by atoms with Crippen LogP contribution in [0, 0.1) is 0 Å². The Balaban J connectivity index is 1.93. The number of hydrogen-bond donors (Lipinski definition) is 2. The molecule has 0 saturated carbocycles. The van der Waals surface area contributed by atoms with E-state index >= 15 is 0 Å². The number of rotatable bonds is 4. The Hall–Kier alpha value is -2.47. The molecular weight excluding hydrogens is 242 g/mol. The Morgan fingerprint density at radius 1 is 1.16 bits per heavy atom. The molecule has 0 amide bonds. The highest BCUT2D eigenvalue weighted by molar-refractivity contribution is 5.44. The zero-order chi connectivity index (χ0) is 13.1. The Kier molecular flexibility index (Phi) is 3.07. The molecule has 0 fully saturated rings. The van der Waals surface area contributed by atoms with Gasteiger partial charge in [-0.15, -0.1) is 10.2 Å².